The number of barbiturate groups is 1. The molecule has 3 aromatic carbocycles. The first-order valence-electron chi connectivity index (χ1n) is 10.8. The third-order valence-corrected chi connectivity index (χ3v) is 5.50. The van der Waals surface area contributed by atoms with Crippen LogP contribution in [-0.2, 0) is 9.59 Å². The number of hydrogen-bond donors (Lipinski definition) is 1. The van der Waals surface area contributed by atoms with Crippen LogP contribution in [0.25, 0.3) is 6.08 Å². The fraction of sp³-hybridized carbons (Fsp3) is 0.0769. The molecule has 0 bridgehead atoms. The lowest BCUT2D eigenvalue weighted by molar-refractivity contribution is -0.122. The van der Waals surface area contributed by atoms with Gasteiger partial charge in [0.05, 0.1) is 18.4 Å². The number of nitrogens with one attached hydrogen (secondary N) is 1. The largest absolute Gasteiger partial charge is 0.493 e. The van der Waals surface area contributed by atoms with Gasteiger partial charge in [0.1, 0.15) is 11.4 Å². The number of carbonyl (C=O) groups is 4. The van der Waals surface area contributed by atoms with Crippen LogP contribution in [0, 0.1) is 5.82 Å². The van der Waals surface area contributed by atoms with Gasteiger partial charge in [0.15, 0.2) is 23.0 Å². The van der Waals surface area contributed by atoms with Crippen molar-refractivity contribution in [3.63, 3.8) is 0 Å². The van der Waals surface area contributed by atoms with Crippen molar-refractivity contribution in [3.05, 3.63) is 83.2 Å². The number of halogens is 1. The molecule has 1 saturated heterocycles. The molecule has 0 aliphatic carbocycles. The first kappa shape index (κ1) is 23.5. The number of urea groups is 1. The van der Waals surface area contributed by atoms with Gasteiger partial charge in [0, 0.05) is 0 Å². The summed E-state index contributed by atoms with van der Waals surface area (Å²) in [5.74, 6) is -2.29. The molecule has 10 nitrogen and oxygen atoms in total. The summed E-state index contributed by atoms with van der Waals surface area (Å²) in [6.07, 6.45) is 1.21. The second kappa shape index (κ2) is 9.46. The normalized spacial score (nSPS) is 15.6. The minimum Gasteiger partial charge on any atom is -0.493 e. The number of esters is 1. The fourth-order valence-electron chi connectivity index (χ4n) is 3.72. The summed E-state index contributed by atoms with van der Waals surface area (Å²) in [5, 5.41) is 2.03. The van der Waals surface area contributed by atoms with Gasteiger partial charge in [-0.3, -0.25) is 14.9 Å². The average Bonchev–Trinajstić information content (AvgIpc) is 3.36. The first-order valence-corrected chi connectivity index (χ1v) is 10.8. The molecule has 2 heterocycles. The monoisotopic (exact) mass is 504 g/mol. The average molecular weight is 504 g/mol. The summed E-state index contributed by atoms with van der Waals surface area (Å²) >= 11 is 0. The molecule has 0 spiro atoms. The van der Waals surface area contributed by atoms with Gasteiger partial charge in [-0.2, -0.15) is 0 Å². The van der Waals surface area contributed by atoms with E-state index in [9.17, 15) is 23.6 Å². The first-order chi connectivity index (χ1) is 17.9. The van der Waals surface area contributed by atoms with E-state index in [1.165, 1.54) is 61.7 Å². The molecule has 4 amide bonds. The highest BCUT2D eigenvalue weighted by atomic mass is 19.1. The van der Waals surface area contributed by atoms with Crippen LogP contribution >= 0.6 is 0 Å². The number of methoxy groups -OCH3 is 1. The van der Waals surface area contributed by atoms with Gasteiger partial charge in [0.2, 0.25) is 6.79 Å². The Morgan fingerprint density at radius 2 is 1.78 bits per heavy atom. The van der Waals surface area contributed by atoms with Crippen molar-refractivity contribution in [1.29, 1.82) is 0 Å². The van der Waals surface area contributed by atoms with Gasteiger partial charge in [0.25, 0.3) is 11.8 Å². The highest BCUT2D eigenvalue weighted by molar-refractivity contribution is 6.39. The Labute approximate surface area is 208 Å². The minimum absolute atomic E-state index is 0.0609. The van der Waals surface area contributed by atoms with Crippen LogP contribution in [0.3, 0.4) is 0 Å². The molecule has 5 rings (SSSR count). The zero-order chi connectivity index (χ0) is 26.1. The van der Waals surface area contributed by atoms with Crippen molar-refractivity contribution >= 4 is 35.6 Å². The summed E-state index contributed by atoms with van der Waals surface area (Å²) in [7, 11) is 1.35. The lowest BCUT2D eigenvalue weighted by atomic mass is 10.1. The molecule has 11 heteroatoms. The molecule has 0 aromatic heterocycles. The number of anilines is 1. The van der Waals surface area contributed by atoms with E-state index in [0.717, 1.165) is 6.07 Å². The topological polar surface area (TPSA) is 120 Å². The van der Waals surface area contributed by atoms with E-state index < -0.39 is 35.2 Å². The zero-order valence-corrected chi connectivity index (χ0v) is 19.1. The Morgan fingerprint density at radius 1 is 1.00 bits per heavy atom. The third kappa shape index (κ3) is 4.45. The maximum Gasteiger partial charge on any atom is 0.343 e. The molecule has 2 aliphatic heterocycles. The minimum atomic E-state index is -1.07. The maximum absolute atomic E-state index is 14.3. The SMILES string of the molecule is COc1cc(/C=C2\C(=O)NC(=O)N(c3ccccc3F)C2=O)ccc1OC(=O)c1ccc2c(c1)OCO2. The van der Waals surface area contributed by atoms with E-state index >= 15 is 0 Å². The van der Waals surface area contributed by atoms with Crippen molar-refractivity contribution in [2.75, 3.05) is 18.8 Å². The van der Waals surface area contributed by atoms with E-state index in [0.29, 0.717) is 22.0 Å². The van der Waals surface area contributed by atoms with E-state index in [1.807, 2.05) is 5.32 Å². The number of ether oxygens (including phenoxy) is 4. The smallest absolute Gasteiger partial charge is 0.343 e. The van der Waals surface area contributed by atoms with E-state index in [-0.39, 0.29) is 29.5 Å². The number of imide groups is 2. The van der Waals surface area contributed by atoms with Crippen LogP contribution in [0.2, 0.25) is 0 Å². The van der Waals surface area contributed by atoms with E-state index in [4.69, 9.17) is 18.9 Å². The summed E-state index contributed by atoms with van der Waals surface area (Å²) in [4.78, 5) is 50.9. The molecule has 0 radical (unpaired) electrons. The van der Waals surface area contributed by atoms with Crippen LogP contribution in [0.5, 0.6) is 23.0 Å². The summed E-state index contributed by atoms with van der Waals surface area (Å²) in [5.41, 5.74) is -0.164. The van der Waals surface area contributed by atoms with Gasteiger partial charge in [-0.25, -0.2) is 18.9 Å². The molecule has 37 heavy (non-hydrogen) atoms. The highest BCUT2D eigenvalue weighted by Crippen LogP contribution is 2.34. The Morgan fingerprint density at radius 3 is 2.57 bits per heavy atom. The van der Waals surface area contributed by atoms with Crippen molar-refractivity contribution in [3.8, 4) is 23.0 Å². The fourth-order valence-corrected chi connectivity index (χ4v) is 3.72. The van der Waals surface area contributed by atoms with Crippen LogP contribution in [-0.4, -0.2) is 37.7 Å². The Balaban J connectivity index is 1.41. The van der Waals surface area contributed by atoms with Crippen molar-refractivity contribution in [2.24, 2.45) is 0 Å². The van der Waals surface area contributed by atoms with Crippen molar-refractivity contribution in [1.82, 2.24) is 5.32 Å². The molecular formula is C26H17FN2O8. The summed E-state index contributed by atoms with van der Waals surface area (Å²) in [6, 6.07) is 13.0. The molecule has 0 unspecified atom stereocenters. The number of amides is 4. The maximum atomic E-state index is 14.3. The van der Waals surface area contributed by atoms with Crippen molar-refractivity contribution < 1.29 is 42.5 Å². The lowest BCUT2D eigenvalue weighted by Gasteiger charge is -2.26. The number of carbonyl (C=O) groups excluding carboxylic acids is 4. The highest BCUT2D eigenvalue weighted by Gasteiger charge is 2.38. The second-order valence-corrected chi connectivity index (χ2v) is 7.78. The Kier molecular flexibility index (Phi) is 6.02. The number of rotatable bonds is 5. The molecule has 186 valence electrons. The predicted molar refractivity (Wildman–Crippen MR) is 126 cm³/mol. The third-order valence-electron chi connectivity index (χ3n) is 5.50. The van der Waals surface area contributed by atoms with E-state index in [2.05, 4.69) is 0 Å². The van der Waals surface area contributed by atoms with E-state index in [1.54, 1.807) is 6.07 Å². The van der Waals surface area contributed by atoms with Gasteiger partial charge in [-0.15, -0.1) is 0 Å². The lowest BCUT2D eigenvalue weighted by Crippen LogP contribution is -2.54. The number of fused-ring (bicyclic) bond motifs is 1. The standard InChI is InChI=1S/C26H17FN2O8/c1-34-21-11-14(6-8-20(21)37-25(32)15-7-9-19-22(12-15)36-13-35-19)10-16-23(30)28-26(33)29(24(16)31)18-5-3-2-4-17(18)27/h2-12H,13H2,1H3,(H,28,30,33)/b16-10+. The van der Waals surface area contributed by atoms with Crippen LogP contribution in [0.1, 0.15) is 15.9 Å². The number of nitrogens with zero attached hydrogens (tertiary/aromatic N) is 1. The number of para-hydroxylation sites is 1. The predicted octanol–water partition coefficient (Wildman–Crippen LogP) is 3.45. The quantitative estimate of drug-likeness (QED) is 0.243. The van der Waals surface area contributed by atoms with Crippen LogP contribution < -0.4 is 29.2 Å². The molecule has 1 fully saturated rings. The summed E-state index contributed by atoms with van der Waals surface area (Å²) < 4.78 is 35.5. The van der Waals surface area contributed by atoms with Crippen LogP contribution in [0.15, 0.2) is 66.2 Å². The molecule has 2 aliphatic rings. The van der Waals surface area contributed by atoms with Gasteiger partial charge in [-0.1, -0.05) is 18.2 Å². The zero-order valence-electron chi connectivity index (χ0n) is 19.1. The Hall–Kier alpha value is -5.19. The number of hydrogen-bond acceptors (Lipinski definition) is 8. The second-order valence-electron chi connectivity index (χ2n) is 7.78. The number of benzene rings is 3. The molecule has 0 atom stereocenters. The summed E-state index contributed by atoms with van der Waals surface area (Å²) in [6.45, 7) is 0.0609. The molecule has 0 saturated carbocycles. The molecule has 1 N–H and O–H groups in total. The van der Waals surface area contributed by atoms with Gasteiger partial charge >= 0.3 is 12.0 Å². The van der Waals surface area contributed by atoms with Crippen LogP contribution in [0.4, 0.5) is 14.9 Å². The van der Waals surface area contributed by atoms with Gasteiger partial charge in [-0.05, 0) is 54.1 Å². The molecule has 3 aromatic rings. The van der Waals surface area contributed by atoms with Gasteiger partial charge < -0.3 is 18.9 Å². The Bertz CT molecular complexity index is 1500. The van der Waals surface area contributed by atoms with Crippen molar-refractivity contribution in [2.45, 2.75) is 0 Å². The molecular weight excluding hydrogens is 487 g/mol.